The van der Waals surface area contributed by atoms with Gasteiger partial charge < -0.3 is 9.64 Å². The van der Waals surface area contributed by atoms with E-state index in [2.05, 4.69) is 4.72 Å². The van der Waals surface area contributed by atoms with E-state index >= 15 is 0 Å². The lowest BCUT2D eigenvalue weighted by Gasteiger charge is -2.31. The summed E-state index contributed by atoms with van der Waals surface area (Å²) in [5.41, 5.74) is 2.23. The number of esters is 1. The van der Waals surface area contributed by atoms with Gasteiger partial charge in [-0.2, -0.15) is 0 Å². The molecule has 0 saturated carbocycles. The van der Waals surface area contributed by atoms with E-state index in [0.29, 0.717) is 42.7 Å². The number of sulfonamides is 1. The molecule has 1 unspecified atom stereocenters. The minimum Gasteiger partial charge on any atom is -0.454 e. The van der Waals surface area contributed by atoms with E-state index in [1.54, 1.807) is 11.0 Å². The van der Waals surface area contributed by atoms with Crippen LogP contribution in [0.3, 0.4) is 0 Å². The summed E-state index contributed by atoms with van der Waals surface area (Å²) in [5, 5.41) is 0. The van der Waals surface area contributed by atoms with Crippen molar-refractivity contribution >= 4 is 33.4 Å². The predicted molar refractivity (Wildman–Crippen MR) is 125 cm³/mol. The number of ketones is 1. The van der Waals surface area contributed by atoms with Crippen LogP contribution in [0.5, 0.6) is 0 Å². The molecule has 0 bridgehead atoms. The molecular weight excluding hydrogens is 444 g/mol. The average molecular weight is 473 g/mol. The van der Waals surface area contributed by atoms with Gasteiger partial charge >= 0.3 is 5.97 Å². The van der Waals surface area contributed by atoms with Crippen molar-refractivity contribution < 1.29 is 27.5 Å². The van der Waals surface area contributed by atoms with E-state index in [9.17, 15) is 22.8 Å². The Bertz CT molecular complexity index is 1140. The Hall–Kier alpha value is -3.20. The number of likely N-dealkylation sites (tertiary alicyclic amines) is 1. The monoisotopic (exact) mass is 472 g/mol. The van der Waals surface area contributed by atoms with Gasteiger partial charge in [-0.25, -0.2) is 8.42 Å². The third kappa shape index (κ3) is 6.41. The van der Waals surface area contributed by atoms with Crippen LogP contribution >= 0.6 is 0 Å². The normalized spacial score (nSPS) is 15.5. The molecule has 0 radical (unpaired) electrons. The average Bonchev–Trinajstić information content (AvgIpc) is 2.78. The Morgan fingerprint density at radius 3 is 2.21 bits per heavy atom. The molecule has 1 N–H and O–H groups in total. The quantitative estimate of drug-likeness (QED) is 0.490. The number of nitrogens with one attached hydrogen (secondary N) is 1. The first-order valence-corrected chi connectivity index (χ1v) is 12.6. The minimum absolute atomic E-state index is 0.0442. The number of carbonyl (C=O) groups excluding carboxylic acids is 3. The molecule has 1 amide bonds. The van der Waals surface area contributed by atoms with E-state index in [4.69, 9.17) is 4.74 Å². The maximum absolute atomic E-state index is 12.7. The van der Waals surface area contributed by atoms with Crippen LogP contribution in [-0.2, 0) is 19.6 Å². The fourth-order valence-electron chi connectivity index (χ4n) is 3.78. The van der Waals surface area contributed by atoms with Gasteiger partial charge in [0.1, 0.15) is 0 Å². The molecule has 1 heterocycles. The van der Waals surface area contributed by atoms with Gasteiger partial charge in [0, 0.05) is 29.9 Å². The molecule has 0 aromatic heterocycles. The number of benzene rings is 2. The van der Waals surface area contributed by atoms with Crippen LogP contribution in [0.15, 0.2) is 48.5 Å². The highest BCUT2D eigenvalue weighted by Gasteiger charge is 2.31. The van der Waals surface area contributed by atoms with Gasteiger partial charge in [-0.3, -0.25) is 19.1 Å². The first-order valence-electron chi connectivity index (χ1n) is 10.7. The topological polar surface area (TPSA) is 110 Å². The molecule has 1 aliphatic rings. The summed E-state index contributed by atoms with van der Waals surface area (Å²) < 4.78 is 30.3. The van der Waals surface area contributed by atoms with Crippen molar-refractivity contribution in [1.82, 2.24) is 4.90 Å². The van der Waals surface area contributed by atoms with E-state index in [-0.39, 0.29) is 17.6 Å². The molecule has 0 aliphatic carbocycles. The highest BCUT2D eigenvalue weighted by Crippen LogP contribution is 2.22. The van der Waals surface area contributed by atoms with Gasteiger partial charge in [0.25, 0.3) is 5.91 Å². The van der Waals surface area contributed by atoms with Gasteiger partial charge in [-0.05, 0) is 62.6 Å². The molecule has 1 saturated heterocycles. The van der Waals surface area contributed by atoms with Gasteiger partial charge in [0.05, 0.1) is 12.2 Å². The first kappa shape index (κ1) is 24.4. The van der Waals surface area contributed by atoms with Crippen LogP contribution in [0.2, 0.25) is 0 Å². The summed E-state index contributed by atoms with van der Waals surface area (Å²) in [7, 11) is -3.41. The third-order valence-corrected chi connectivity index (χ3v) is 6.23. The van der Waals surface area contributed by atoms with Crippen molar-refractivity contribution in [3.63, 3.8) is 0 Å². The fourth-order valence-corrected chi connectivity index (χ4v) is 4.34. The molecule has 2 aromatic rings. The lowest BCUT2D eigenvalue weighted by Crippen LogP contribution is -2.41. The van der Waals surface area contributed by atoms with Crippen LogP contribution in [-0.4, -0.2) is 56.4 Å². The molecule has 0 spiro atoms. The lowest BCUT2D eigenvalue weighted by molar-refractivity contribution is -0.152. The number of aryl methyl sites for hydroxylation is 1. The number of amides is 1. The summed E-state index contributed by atoms with van der Waals surface area (Å²) in [6, 6.07) is 13.3. The van der Waals surface area contributed by atoms with Crippen molar-refractivity contribution in [2.45, 2.75) is 32.8 Å². The first-order chi connectivity index (χ1) is 15.5. The van der Waals surface area contributed by atoms with Crippen molar-refractivity contribution in [3.05, 3.63) is 65.2 Å². The summed E-state index contributed by atoms with van der Waals surface area (Å²) in [4.78, 5) is 39.7. The molecule has 176 valence electrons. The second-order valence-corrected chi connectivity index (χ2v) is 10.0. The van der Waals surface area contributed by atoms with Crippen molar-refractivity contribution in [2.75, 3.05) is 24.1 Å². The number of anilines is 1. The molecule has 8 nitrogen and oxygen atoms in total. The summed E-state index contributed by atoms with van der Waals surface area (Å²) in [6.07, 6.45) is 1.02. The number of nitrogens with zero attached hydrogens (tertiary/aromatic N) is 1. The maximum Gasteiger partial charge on any atom is 0.309 e. The Morgan fingerprint density at radius 1 is 1.03 bits per heavy atom. The van der Waals surface area contributed by atoms with Gasteiger partial charge in [-0.1, -0.05) is 18.2 Å². The smallest absolute Gasteiger partial charge is 0.309 e. The van der Waals surface area contributed by atoms with Crippen molar-refractivity contribution in [2.24, 2.45) is 5.92 Å². The summed E-state index contributed by atoms with van der Waals surface area (Å²) in [5.74, 6) is -1.24. The van der Waals surface area contributed by atoms with Crippen molar-refractivity contribution in [1.29, 1.82) is 0 Å². The number of rotatable bonds is 7. The fraction of sp³-hybridized carbons (Fsp3) is 0.375. The van der Waals surface area contributed by atoms with Gasteiger partial charge in [0.15, 0.2) is 6.10 Å². The highest BCUT2D eigenvalue weighted by molar-refractivity contribution is 7.92. The number of Topliss-reactive ketones (excluding diaryl/α,β-unsaturated/α-hetero) is 1. The number of hydrogen-bond donors (Lipinski definition) is 1. The van der Waals surface area contributed by atoms with Crippen LogP contribution < -0.4 is 4.72 Å². The molecular formula is C24H28N2O6S. The Kier molecular flexibility index (Phi) is 7.53. The van der Waals surface area contributed by atoms with Crippen LogP contribution in [0, 0.1) is 12.8 Å². The zero-order chi connectivity index (χ0) is 24.2. The lowest BCUT2D eigenvalue weighted by atomic mass is 9.96. The molecule has 9 heteroatoms. The Balaban J connectivity index is 1.52. The zero-order valence-electron chi connectivity index (χ0n) is 18.9. The Labute approximate surface area is 194 Å². The zero-order valence-corrected chi connectivity index (χ0v) is 19.7. The van der Waals surface area contributed by atoms with E-state index < -0.39 is 22.1 Å². The molecule has 33 heavy (non-hydrogen) atoms. The molecule has 1 atom stereocenters. The van der Waals surface area contributed by atoms with Crippen LogP contribution in [0.25, 0.3) is 0 Å². The SMILES string of the molecule is Cc1ccccc1C(=O)N1CCC(C(=O)OC(C)C(=O)c2ccc(NS(C)(=O)=O)cc2)CC1. The van der Waals surface area contributed by atoms with Crippen LogP contribution in [0.1, 0.15) is 46.0 Å². The number of ether oxygens (including phenoxy) is 1. The number of hydrogen-bond acceptors (Lipinski definition) is 6. The van der Waals surface area contributed by atoms with E-state index in [0.717, 1.165) is 11.8 Å². The number of carbonyl (C=O) groups is 3. The van der Waals surface area contributed by atoms with Crippen molar-refractivity contribution in [3.8, 4) is 0 Å². The summed E-state index contributed by atoms with van der Waals surface area (Å²) >= 11 is 0. The third-order valence-electron chi connectivity index (χ3n) is 5.63. The highest BCUT2D eigenvalue weighted by atomic mass is 32.2. The van der Waals surface area contributed by atoms with Gasteiger partial charge in [-0.15, -0.1) is 0 Å². The van der Waals surface area contributed by atoms with E-state index in [1.165, 1.54) is 31.2 Å². The maximum atomic E-state index is 12.7. The molecule has 2 aromatic carbocycles. The number of piperidine rings is 1. The van der Waals surface area contributed by atoms with E-state index in [1.807, 2.05) is 25.1 Å². The second kappa shape index (κ2) is 10.2. The summed E-state index contributed by atoms with van der Waals surface area (Å²) in [6.45, 7) is 4.30. The van der Waals surface area contributed by atoms with Gasteiger partial charge in [0.2, 0.25) is 15.8 Å². The largest absolute Gasteiger partial charge is 0.454 e. The molecule has 1 fully saturated rings. The van der Waals surface area contributed by atoms with Crippen LogP contribution in [0.4, 0.5) is 5.69 Å². The Morgan fingerprint density at radius 2 is 1.64 bits per heavy atom. The molecule has 3 rings (SSSR count). The standard InChI is InChI=1S/C24H28N2O6S/c1-16-6-4-5-7-21(16)23(28)26-14-12-19(13-15-26)24(29)32-17(2)22(27)18-8-10-20(11-9-18)25-33(3,30)31/h4-11,17,19,25H,12-15H2,1-3H3. The second-order valence-electron chi connectivity index (χ2n) is 8.28. The minimum atomic E-state index is -3.41. The molecule has 1 aliphatic heterocycles. The predicted octanol–water partition coefficient (Wildman–Crippen LogP) is 3.03.